The Morgan fingerprint density at radius 2 is 2.15 bits per heavy atom. The number of aryl methyl sites for hydroxylation is 1. The molecular weight excluding hydrogens is 318 g/mol. The molecule has 0 amide bonds. The number of nitrogens with one attached hydrogen (secondary N) is 1. The van der Waals surface area contributed by atoms with Gasteiger partial charge in [0.2, 0.25) is 5.88 Å². The highest BCUT2D eigenvalue weighted by Crippen LogP contribution is 2.26. The minimum Gasteiger partial charge on any atom is -0.437 e. The zero-order chi connectivity index (χ0) is 14.4. The molecule has 0 atom stereocenters. The summed E-state index contributed by atoms with van der Waals surface area (Å²) in [7, 11) is 0. The van der Waals surface area contributed by atoms with Crippen molar-refractivity contribution in [2.45, 2.75) is 26.8 Å². The molecule has 2 aromatic rings. The van der Waals surface area contributed by atoms with Crippen LogP contribution in [0.25, 0.3) is 0 Å². The van der Waals surface area contributed by atoms with Crippen LogP contribution in [0.1, 0.15) is 24.6 Å². The Labute approximate surface area is 127 Å². The molecule has 106 valence electrons. The van der Waals surface area contributed by atoms with Gasteiger partial charge in [-0.2, -0.15) is 0 Å². The Morgan fingerprint density at radius 3 is 2.95 bits per heavy atom. The number of rotatable bonds is 6. The largest absolute Gasteiger partial charge is 0.437 e. The monoisotopic (exact) mass is 335 g/mol. The van der Waals surface area contributed by atoms with Crippen LogP contribution in [0.2, 0.25) is 0 Å². The number of ether oxygens (including phenoxy) is 1. The molecule has 0 aliphatic carbocycles. The molecule has 2 rings (SSSR count). The standard InChI is InChI=1S/C15H18BrN3O/c1-3-6-17-8-13-9-18-10-15(19-13)20-14-7-12(16)5-4-11(14)2/h4-5,7,9-10,17H,3,6,8H2,1-2H3. The lowest BCUT2D eigenvalue weighted by molar-refractivity contribution is 0.452. The average molecular weight is 336 g/mol. The molecule has 4 nitrogen and oxygen atoms in total. The van der Waals surface area contributed by atoms with Crippen LogP contribution in [-0.4, -0.2) is 16.5 Å². The molecule has 20 heavy (non-hydrogen) atoms. The quantitative estimate of drug-likeness (QED) is 0.814. The van der Waals surface area contributed by atoms with Gasteiger partial charge in [-0.25, -0.2) is 4.98 Å². The molecular formula is C15H18BrN3O. The summed E-state index contributed by atoms with van der Waals surface area (Å²) in [4.78, 5) is 8.62. The third-order valence-electron chi connectivity index (χ3n) is 2.76. The maximum atomic E-state index is 5.81. The van der Waals surface area contributed by atoms with Gasteiger partial charge in [-0.15, -0.1) is 0 Å². The lowest BCUT2D eigenvalue weighted by Crippen LogP contribution is -2.15. The first-order chi connectivity index (χ1) is 9.69. The third kappa shape index (κ3) is 4.28. The van der Waals surface area contributed by atoms with E-state index in [1.807, 2.05) is 25.1 Å². The molecule has 0 saturated carbocycles. The maximum absolute atomic E-state index is 5.81. The highest BCUT2D eigenvalue weighted by atomic mass is 79.9. The second kappa shape index (κ2) is 7.36. The molecule has 0 spiro atoms. The second-order valence-electron chi connectivity index (χ2n) is 4.54. The van der Waals surface area contributed by atoms with E-state index in [1.54, 1.807) is 12.4 Å². The van der Waals surface area contributed by atoms with Crippen LogP contribution < -0.4 is 10.1 Å². The summed E-state index contributed by atoms with van der Waals surface area (Å²) in [5.41, 5.74) is 1.94. The lowest BCUT2D eigenvalue weighted by atomic mass is 10.2. The first kappa shape index (κ1) is 14.9. The van der Waals surface area contributed by atoms with Crippen molar-refractivity contribution >= 4 is 15.9 Å². The fraction of sp³-hybridized carbons (Fsp3) is 0.333. The molecule has 0 unspecified atom stereocenters. The van der Waals surface area contributed by atoms with E-state index in [-0.39, 0.29) is 0 Å². The van der Waals surface area contributed by atoms with Gasteiger partial charge in [-0.05, 0) is 37.6 Å². The van der Waals surface area contributed by atoms with Crippen LogP contribution in [0.3, 0.4) is 0 Å². The number of hydrogen-bond acceptors (Lipinski definition) is 4. The molecule has 1 aromatic carbocycles. The van der Waals surface area contributed by atoms with Gasteiger partial charge in [0.25, 0.3) is 0 Å². The molecule has 0 fully saturated rings. The number of aromatic nitrogens is 2. The van der Waals surface area contributed by atoms with Crippen molar-refractivity contribution in [2.75, 3.05) is 6.54 Å². The van der Waals surface area contributed by atoms with Crippen molar-refractivity contribution in [1.82, 2.24) is 15.3 Å². The third-order valence-corrected chi connectivity index (χ3v) is 3.25. The predicted octanol–water partition coefficient (Wildman–Crippen LogP) is 3.84. The van der Waals surface area contributed by atoms with Gasteiger partial charge in [0.05, 0.1) is 11.9 Å². The number of halogens is 1. The zero-order valence-electron chi connectivity index (χ0n) is 11.7. The Bertz CT molecular complexity index is 575. The van der Waals surface area contributed by atoms with Gasteiger partial charge < -0.3 is 10.1 Å². The molecule has 1 heterocycles. The number of nitrogens with zero attached hydrogens (tertiary/aromatic N) is 2. The fourth-order valence-corrected chi connectivity index (χ4v) is 2.05. The summed E-state index contributed by atoms with van der Waals surface area (Å²) in [5.74, 6) is 1.30. The van der Waals surface area contributed by atoms with E-state index in [2.05, 4.69) is 38.1 Å². The van der Waals surface area contributed by atoms with Crippen LogP contribution in [0, 0.1) is 6.92 Å². The van der Waals surface area contributed by atoms with Gasteiger partial charge in [-0.3, -0.25) is 4.98 Å². The summed E-state index contributed by atoms with van der Waals surface area (Å²) < 4.78 is 6.78. The van der Waals surface area contributed by atoms with Crippen LogP contribution in [0.4, 0.5) is 0 Å². The van der Waals surface area contributed by atoms with E-state index in [9.17, 15) is 0 Å². The Hall–Kier alpha value is -1.46. The minimum absolute atomic E-state index is 0.516. The minimum atomic E-state index is 0.516. The Balaban J connectivity index is 2.09. The van der Waals surface area contributed by atoms with Gasteiger partial charge in [0.15, 0.2) is 0 Å². The van der Waals surface area contributed by atoms with Crippen molar-refractivity contribution in [2.24, 2.45) is 0 Å². The van der Waals surface area contributed by atoms with Crippen molar-refractivity contribution in [1.29, 1.82) is 0 Å². The Morgan fingerprint density at radius 1 is 1.30 bits per heavy atom. The lowest BCUT2D eigenvalue weighted by Gasteiger charge is -2.09. The summed E-state index contributed by atoms with van der Waals surface area (Å²) >= 11 is 3.44. The van der Waals surface area contributed by atoms with E-state index in [0.717, 1.165) is 34.4 Å². The molecule has 0 bridgehead atoms. The smallest absolute Gasteiger partial charge is 0.238 e. The molecule has 0 saturated heterocycles. The second-order valence-corrected chi connectivity index (χ2v) is 5.45. The SMILES string of the molecule is CCCNCc1cncc(Oc2cc(Br)ccc2C)n1. The average Bonchev–Trinajstić information content (AvgIpc) is 2.44. The van der Waals surface area contributed by atoms with E-state index < -0.39 is 0 Å². The number of hydrogen-bond donors (Lipinski definition) is 1. The molecule has 0 aliphatic rings. The van der Waals surface area contributed by atoms with Crippen LogP contribution in [0.15, 0.2) is 35.1 Å². The summed E-state index contributed by atoms with van der Waals surface area (Å²) in [6.07, 6.45) is 4.48. The van der Waals surface area contributed by atoms with E-state index in [1.165, 1.54) is 0 Å². The normalized spacial score (nSPS) is 10.6. The van der Waals surface area contributed by atoms with Crippen molar-refractivity contribution in [3.63, 3.8) is 0 Å². The van der Waals surface area contributed by atoms with Crippen LogP contribution in [-0.2, 0) is 6.54 Å². The molecule has 1 aromatic heterocycles. The summed E-state index contributed by atoms with van der Waals surface area (Å²) in [6, 6.07) is 5.91. The first-order valence-corrected chi connectivity index (χ1v) is 7.44. The molecule has 0 radical (unpaired) electrons. The highest BCUT2D eigenvalue weighted by molar-refractivity contribution is 9.10. The number of benzene rings is 1. The molecule has 5 heteroatoms. The van der Waals surface area contributed by atoms with E-state index >= 15 is 0 Å². The predicted molar refractivity (Wildman–Crippen MR) is 83.0 cm³/mol. The topological polar surface area (TPSA) is 47.0 Å². The van der Waals surface area contributed by atoms with E-state index in [0.29, 0.717) is 12.4 Å². The highest BCUT2D eigenvalue weighted by Gasteiger charge is 2.05. The van der Waals surface area contributed by atoms with Crippen LogP contribution >= 0.6 is 15.9 Å². The van der Waals surface area contributed by atoms with Crippen molar-refractivity contribution in [3.8, 4) is 11.6 Å². The zero-order valence-corrected chi connectivity index (χ0v) is 13.3. The van der Waals surface area contributed by atoms with Gasteiger partial charge in [0.1, 0.15) is 5.75 Å². The van der Waals surface area contributed by atoms with Gasteiger partial charge >= 0.3 is 0 Å². The fourth-order valence-electron chi connectivity index (χ4n) is 1.71. The van der Waals surface area contributed by atoms with Crippen LogP contribution in [0.5, 0.6) is 11.6 Å². The molecule has 0 aliphatic heterocycles. The van der Waals surface area contributed by atoms with Crippen molar-refractivity contribution < 1.29 is 4.74 Å². The molecule has 1 N–H and O–H groups in total. The van der Waals surface area contributed by atoms with Crippen molar-refractivity contribution in [3.05, 3.63) is 46.3 Å². The maximum Gasteiger partial charge on any atom is 0.238 e. The Kier molecular flexibility index (Phi) is 5.49. The summed E-state index contributed by atoms with van der Waals surface area (Å²) in [6.45, 7) is 5.81. The van der Waals surface area contributed by atoms with Gasteiger partial charge in [0, 0.05) is 17.2 Å². The first-order valence-electron chi connectivity index (χ1n) is 6.64. The van der Waals surface area contributed by atoms with E-state index in [4.69, 9.17) is 4.74 Å². The van der Waals surface area contributed by atoms with Gasteiger partial charge in [-0.1, -0.05) is 28.9 Å². The summed E-state index contributed by atoms with van der Waals surface area (Å²) in [5, 5.41) is 3.30.